The van der Waals surface area contributed by atoms with Crippen LogP contribution in [0.2, 0.25) is 5.02 Å². The lowest BCUT2D eigenvalue weighted by Crippen LogP contribution is -2.18. The standard InChI is InChI=1S/C12H12ClN3O3S2/c1-6-10(20-12(15-6)16-11(14)17)7-3-4-8(13)9(5-7)21(2,18)19/h3-5H,1-2H3,(H3,14,15,16,17). The van der Waals surface area contributed by atoms with Gasteiger partial charge in [-0.05, 0) is 24.6 Å². The third-order valence-electron chi connectivity index (χ3n) is 2.62. The van der Waals surface area contributed by atoms with Crippen molar-refractivity contribution in [1.29, 1.82) is 0 Å². The number of nitrogens with two attached hydrogens (primary N) is 1. The smallest absolute Gasteiger partial charge is 0.318 e. The lowest BCUT2D eigenvalue weighted by Gasteiger charge is -2.05. The van der Waals surface area contributed by atoms with Gasteiger partial charge in [0.05, 0.1) is 20.5 Å². The maximum Gasteiger partial charge on any atom is 0.318 e. The van der Waals surface area contributed by atoms with Crippen molar-refractivity contribution in [3.8, 4) is 10.4 Å². The summed E-state index contributed by atoms with van der Waals surface area (Å²) < 4.78 is 23.4. The monoisotopic (exact) mass is 345 g/mol. The average Bonchev–Trinajstić information content (AvgIpc) is 2.68. The van der Waals surface area contributed by atoms with E-state index in [4.69, 9.17) is 17.3 Å². The van der Waals surface area contributed by atoms with E-state index < -0.39 is 15.9 Å². The van der Waals surface area contributed by atoms with Crippen molar-refractivity contribution in [3.63, 3.8) is 0 Å². The molecule has 1 heterocycles. The highest BCUT2D eigenvalue weighted by Crippen LogP contribution is 2.35. The maximum atomic E-state index is 11.7. The van der Waals surface area contributed by atoms with Crippen molar-refractivity contribution in [2.24, 2.45) is 5.73 Å². The molecule has 0 saturated carbocycles. The second kappa shape index (κ2) is 5.63. The molecule has 0 saturated heterocycles. The van der Waals surface area contributed by atoms with Crippen molar-refractivity contribution in [2.45, 2.75) is 11.8 Å². The molecule has 0 spiro atoms. The number of sulfone groups is 1. The Hall–Kier alpha value is -1.64. The summed E-state index contributed by atoms with van der Waals surface area (Å²) in [6.45, 7) is 1.76. The van der Waals surface area contributed by atoms with Gasteiger partial charge in [0.2, 0.25) is 0 Å². The summed E-state index contributed by atoms with van der Waals surface area (Å²) in [4.78, 5) is 15.8. The number of nitrogens with zero attached hydrogens (tertiary/aromatic N) is 1. The van der Waals surface area contributed by atoms with Crippen LogP contribution in [0.4, 0.5) is 9.93 Å². The van der Waals surface area contributed by atoms with Crippen molar-refractivity contribution in [1.82, 2.24) is 4.98 Å². The van der Waals surface area contributed by atoms with Gasteiger partial charge in [-0.25, -0.2) is 18.2 Å². The minimum Gasteiger partial charge on any atom is -0.351 e. The van der Waals surface area contributed by atoms with E-state index in [9.17, 15) is 13.2 Å². The molecule has 0 atom stereocenters. The number of hydrogen-bond acceptors (Lipinski definition) is 5. The molecule has 0 aliphatic heterocycles. The molecule has 9 heteroatoms. The molecule has 0 aliphatic rings. The Morgan fingerprint density at radius 3 is 2.67 bits per heavy atom. The summed E-state index contributed by atoms with van der Waals surface area (Å²) in [5.41, 5.74) is 6.36. The number of benzene rings is 1. The molecule has 2 rings (SSSR count). The van der Waals surface area contributed by atoms with Crippen LogP contribution in [0, 0.1) is 6.92 Å². The third kappa shape index (κ3) is 3.52. The normalized spacial score (nSPS) is 11.4. The van der Waals surface area contributed by atoms with E-state index in [2.05, 4.69) is 10.3 Å². The fourth-order valence-electron chi connectivity index (χ4n) is 1.75. The van der Waals surface area contributed by atoms with Gasteiger partial charge in [-0.2, -0.15) is 0 Å². The molecular weight excluding hydrogens is 334 g/mol. The SMILES string of the molecule is Cc1nc(NC(N)=O)sc1-c1ccc(Cl)c(S(C)(=O)=O)c1. The van der Waals surface area contributed by atoms with Gasteiger partial charge in [0.25, 0.3) is 0 Å². The third-order valence-corrected chi connectivity index (χ3v) is 5.32. The molecular formula is C12H12ClN3O3S2. The lowest BCUT2D eigenvalue weighted by atomic mass is 10.2. The summed E-state index contributed by atoms with van der Waals surface area (Å²) >= 11 is 7.12. The largest absolute Gasteiger partial charge is 0.351 e. The highest BCUT2D eigenvalue weighted by atomic mass is 35.5. The van der Waals surface area contributed by atoms with Crippen LogP contribution in [0.5, 0.6) is 0 Å². The Balaban J connectivity index is 2.53. The number of hydrogen-bond donors (Lipinski definition) is 2. The molecule has 112 valence electrons. The van der Waals surface area contributed by atoms with E-state index in [0.717, 1.165) is 11.1 Å². The van der Waals surface area contributed by atoms with Gasteiger partial charge in [0.1, 0.15) is 0 Å². The van der Waals surface area contributed by atoms with Gasteiger partial charge in [-0.15, -0.1) is 0 Å². The molecule has 1 aromatic heterocycles. The Morgan fingerprint density at radius 2 is 2.10 bits per heavy atom. The molecule has 2 amide bonds. The Bertz CT molecular complexity index is 815. The topological polar surface area (TPSA) is 102 Å². The quantitative estimate of drug-likeness (QED) is 0.892. The molecule has 21 heavy (non-hydrogen) atoms. The number of amides is 2. The van der Waals surface area contributed by atoms with Crippen LogP contribution in [-0.4, -0.2) is 25.7 Å². The first-order chi connectivity index (χ1) is 9.68. The van der Waals surface area contributed by atoms with Crippen LogP contribution < -0.4 is 11.1 Å². The Morgan fingerprint density at radius 1 is 1.43 bits per heavy atom. The van der Waals surface area contributed by atoms with Gasteiger partial charge in [0.15, 0.2) is 15.0 Å². The minimum atomic E-state index is -3.43. The van der Waals surface area contributed by atoms with E-state index in [1.807, 2.05) is 0 Å². The van der Waals surface area contributed by atoms with Crippen LogP contribution in [-0.2, 0) is 9.84 Å². The number of aromatic nitrogens is 1. The van der Waals surface area contributed by atoms with Gasteiger partial charge < -0.3 is 5.73 Å². The van der Waals surface area contributed by atoms with Crippen molar-refractivity contribution >= 4 is 43.9 Å². The number of rotatable bonds is 3. The van der Waals surface area contributed by atoms with Crippen LogP contribution in [0.1, 0.15) is 5.69 Å². The first kappa shape index (κ1) is 15.7. The zero-order chi connectivity index (χ0) is 15.8. The van der Waals surface area contributed by atoms with E-state index in [1.54, 1.807) is 13.0 Å². The summed E-state index contributed by atoms with van der Waals surface area (Å²) in [5.74, 6) is 0. The summed E-state index contributed by atoms with van der Waals surface area (Å²) in [7, 11) is -3.43. The van der Waals surface area contributed by atoms with E-state index >= 15 is 0 Å². The number of carbonyl (C=O) groups is 1. The number of urea groups is 1. The molecule has 3 N–H and O–H groups in total. The van der Waals surface area contributed by atoms with E-state index in [-0.39, 0.29) is 9.92 Å². The first-order valence-corrected chi connectivity index (χ1v) is 8.81. The Kier molecular flexibility index (Phi) is 4.22. The van der Waals surface area contributed by atoms with Gasteiger partial charge in [0, 0.05) is 6.26 Å². The second-order valence-corrected chi connectivity index (χ2v) is 7.73. The van der Waals surface area contributed by atoms with Crippen LogP contribution >= 0.6 is 22.9 Å². The number of primary amides is 1. The predicted molar refractivity (Wildman–Crippen MR) is 83.6 cm³/mol. The highest BCUT2D eigenvalue weighted by molar-refractivity contribution is 7.90. The summed E-state index contributed by atoms with van der Waals surface area (Å²) in [5, 5.41) is 2.91. The average molecular weight is 346 g/mol. The number of anilines is 1. The molecule has 0 aliphatic carbocycles. The molecule has 6 nitrogen and oxygen atoms in total. The van der Waals surface area contributed by atoms with Crippen molar-refractivity contribution in [2.75, 3.05) is 11.6 Å². The zero-order valence-corrected chi connectivity index (χ0v) is 13.6. The lowest BCUT2D eigenvalue weighted by molar-refractivity contribution is 0.259. The number of thiazole rings is 1. The zero-order valence-electron chi connectivity index (χ0n) is 11.2. The molecule has 0 fully saturated rings. The molecule has 0 bridgehead atoms. The highest BCUT2D eigenvalue weighted by Gasteiger charge is 2.16. The molecule has 0 unspecified atom stereocenters. The molecule has 2 aromatic rings. The number of carbonyl (C=O) groups excluding carboxylic acids is 1. The first-order valence-electron chi connectivity index (χ1n) is 5.72. The van der Waals surface area contributed by atoms with Gasteiger partial charge in [-0.3, -0.25) is 5.32 Å². The Labute approximate surface area is 130 Å². The van der Waals surface area contributed by atoms with Crippen molar-refractivity contribution in [3.05, 3.63) is 28.9 Å². The minimum absolute atomic E-state index is 0.0545. The molecule has 0 radical (unpaired) electrons. The van der Waals surface area contributed by atoms with Crippen LogP contribution in [0.25, 0.3) is 10.4 Å². The van der Waals surface area contributed by atoms with Crippen LogP contribution in [0.3, 0.4) is 0 Å². The fraction of sp³-hybridized carbons (Fsp3) is 0.167. The fourth-order valence-corrected chi connectivity index (χ4v) is 4.02. The van der Waals surface area contributed by atoms with Gasteiger partial charge in [-0.1, -0.05) is 29.0 Å². The number of nitrogens with one attached hydrogen (secondary N) is 1. The maximum absolute atomic E-state index is 11.7. The van der Waals surface area contributed by atoms with Crippen molar-refractivity contribution < 1.29 is 13.2 Å². The van der Waals surface area contributed by atoms with E-state index in [1.165, 1.54) is 23.5 Å². The van der Waals surface area contributed by atoms with Crippen LogP contribution in [0.15, 0.2) is 23.1 Å². The number of halogens is 1. The number of aryl methyl sites for hydroxylation is 1. The van der Waals surface area contributed by atoms with E-state index in [0.29, 0.717) is 16.4 Å². The summed E-state index contributed by atoms with van der Waals surface area (Å²) in [6.07, 6.45) is 1.09. The second-order valence-electron chi connectivity index (χ2n) is 4.34. The molecule has 1 aromatic carbocycles. The predicted octanol–water partition coefficient (Wildman–Crippen LogP) is 2.67. The van der Waals surface area contributed by atoms with Gasteiger partial charge >= 0.3 is 6.03 Å². The summed E-state index contributed by atoms with van der Waals surface area (Å²) in [6, 6.07) is 4.01.